The minimum absolute atomic E-state index is 0.691. The van der Waals surface area contributed by atoms with Gasteiger partial charge in [0.05, 0.1) is 0 Å². The van der Waals surface area contributed by atoms with E-state index in [1.165, 1.54) is 57.8 Å². The lowest BCUT2D eigenvalue weighted by atomic mass is 9.81. The molecule has 0 saturated heterocycles. The van der Waals surface area contributed by atoms with E-state index in [2.05, 4.69) is 34.6 Å². The third kappa shape index (κ3) is 4.59. The van der Waals surface area contributed by atoms with E-state index in [-0.39, 0.29) is 0 Å². The molecule has 0 aliphatic heterocycles. The first kappa shape index (κ1) is 16.1. The molecule has 1 aliphatic rings. The highest BCUT2D eigenvalue weighted by Gasteiger charge is 2.52. The van der Waals surface area contributed by atoms with Crippen LogP contribution in [0.2, 0.25) is 0 Å². The Labute approximate surface area is 116 Å². The average molecular weight is 252 g/mol. The van der Waals surface area contributed by atoms with Gasteiger partial charge in [-0.25, -0.2) is 0 Å². The Morgan fingerprint density at radius 2 is 1.50 bits per heavy atom. The van der Waals surface area contributed by atoms with Crippen LogP contribution in [0.4, 0.5) is 0 Å². The van der Waals surface area contributed by atoms with Crippen LogP contribution in [0.5, 0.6) is 0 Å². The maximum absolute atomic E-state index is 2.53. The normalized spacial score (nSPS) is 28.7. The van der Waals surface area contributed by atoms with Crippen LogP contribution in [0.15, 0.2) is 0 Å². The predicted molar refractivity (Wildman–Crippen MR) is 82.8 cm³/mol. The van der Waals surface area contributed by atoms with Gasteiger partial charge in [0.1, 0.15) is 0 Å². The van der Waals surface area contributed by atoms with Crippen LogP contribution in [-0.2, 0) is 0 Å². The molecule has 0 radical (unpaired) electrons. The van der Waals surface area contributed by atoms with Gasteiger partial charge in [0.15, 0.2) is 0 Å². The second-order valence-electron chi connectivity index (χ2n) is 7.35. The van der Waals surface area contributed by atoms with Crippen LogP contribution in [0.3, 0.4) is 0 Å². The summed E-state index contributed by atoms with van der Waals surface area (Å²) in [4.78, 5) is 0. The molecule has 0 bridgehead atoms. The smallest absolute Gasteiger partial charge is 0.0266 e. The van der Waals surface area contributed by atoms with E-state index in [1.54, 1.807) is 0 Å². The second kappa shape index (κ2) is 7.56. The van der Waals surface area contributed by atoms with Gasteiger partial charge in [0.2, 0.25) is 0 Å². The summed E-state index contributed by atoms with van der Waals surface area (Å²) in [6.07, 6.45) is 13.2. The van der Waals surface area contributed by atoms with Gasteiger partial charge < -0.3 is 0 Å². The van der Waals surface area contributed by atoms with E-state index in [0.29, 0.717) is 5.41 Å². The lowest BCUT2D eigenvalue weighted by molar-refractivity contribution is 0.248. The standard InChI is InChI=1S/C18H36/c1-6-7-8-9-10-11-12-13-17-14-18(17,5)16(4)15(2)3/h15-17H,6-14H2,1-5H3. The van der Waals surface area contributed by atoms with E-state index in [4.69, 9.17) is 0 Å². The molecule has 0 aromatic heterocycles. The number of hydrogen-bond donors (Lipinski definition) is 0. The van der Waals surface area contributed by atoms with E-state index in [1.807, 2.05) is 0 Å². The monoisotopic (exact) mass is 252 g/mol. The van der Waals surface area contributed by atoms with Crippen molar-refractivity contribution in [2.24, 2.45) is 23.2 Å². The van der Waals surface area contributed by atoms with Crippen LogP contribution in [0.25, 0.3) is 0 Å². The summed E-state index contributed by atoms with van der Waals surface area (Å²) in [7, 11) is 0. The molecule has 1 aliphatic carbocycles. The van der Waals surface area contributed by atoms with Crippen LogP contribution < -0.4 is 0 Å². The van der Waals surface area contributed by atoms with Crippen molar-refractivity contribution >= 4 is 0 Å². The third-order valence-corrected chi connectivity index (χ3v) is 5.66. The van der Waals surface area contributed by atoms with Crippen molar-refractivity contribution in [3.8, 4) is 0 Å². The molecule has 108 valence electrons. The van der Waals surface area contributed by atoms with Crippen molar-refractivity contribution < 1.29 is 0 Å². The molecule has 1 rings (SSSR count). The van der Waals surface area contributed by atoms with Gasteiger partial charge in [0.25, 0.3) is 0 Å². The summed E-state index contributed by atoms with van der Waals surface area (Å²) in [6, 6.07) is 0. The Morgan fingerprint density at radius 3 is 2.06 bits per heavy atom. The molecule has 1 saturated carbocycles. The van der Waals surface area contributed by atoms with Gasteiger partial charge in [-0.1, -0.05) is 79.6 Å². The van der Waals surface area contributed by atoms with E-state index < -0.39 is 0 Å². The molecule has 0 aromatic carbocycles. The molecule has 1 fully saturated rings. The average Bonchev–Trinajstić information content (AvgIpc) is 2.99. The highest BCUT2D eigenvalue weighted by atomic mass is 14.6. The van der Waals surface area contributed by atoms with Gasteiger partial charge in [0, 0.05) is 0 Å². The Bertz CT molecular complexity index is 218. The quantitative estimate of drug-likeness (QED) is 0.392. The van der Waals surface area contributed by atoms with Crippen LogP contribution in [0, 0.1) is 23.2 Å². The Morgan fingerprint density at radius 1 is 0.944 bits per heavy atom. The van der Waals surface area contributed by atoms with Crippen LogP contribution >= 0.6 is 0 Å². The number of hydrogen-bond acceptors (Lipinski definition) is 0. The molecule has 0 spiro atoms. The molecule has 0 amide bonds. The molecular weight excluding hydrogens is 216 g/mol. The van der Waals surface area contributed by atoms with Crippen molar-refractivity contribution in [1.29, 1.82) is 0 Å². The largest absolute Gasteiger partial charge is 0.0654 e. The third-order valence-electron chi connectivity index (χ3n) is 5.66. The fourth-order valence-corrected chi connectivity index (χ4v) is 3.57. The summed E-state index contributed by atoms with van der Waals surface area (Å²) in [5, 5.41) is 0. The summed E-state index contributed by atoms with van der Waals surface area (Å²) in [6.45, 7) is 12.1. The van der Waals surface area contributed by atoms with E-state index >= 15 is 0 Å². The maximum atomic E-state index is 2.53. The minimum Gasteiger partial charge on any atom is -0.0654 e. The summed E-state index contributed by atoms with van der Waals surface area (Å²) >= 11 is 0. The molecule has 0 nitrogen and oxygen atoms in total. The van der Waals surface area contributed by atoms with Crippen molar-refractivity contribution in [2.75, 3.05) is 0 Å². The lowest BCUT2D eigenvalue weighted by Gasteiger charge is -2.24. The second-order valence-corrected chi connectivity index (χ2v) is 7.35. The predicted octanol–water partition coefficient (Wildman–Crippen LogP) is 6.45. The molecule has 0 N–H and O–H groups in total. The molecule has 0 heterocycles. The molecule has 18 heavy (non-hydrogen) atoms. The van der Waals surface area contributed by atoms with Crippen molar-refractivity contribution in [3.05, 3.63) is 0 Å². The van der Waals surface area contributed by atoms with Gasteiger partial charge in [-0.05, 0) is 36.0 Å². The number of rotatable bonds is 10. The topological polar surface area (TPSA) is 0 Å². The zero-order valence-electron chi connectivity index (χ0n) is 13.6. The highest BCUT2D eigenvalue weighted by Crippen LogP contribution is 2.61. The SMILES string of the molecule is CCCCCCCCCC1CC1(C)C(C)C(C)C. The summed E-state index contributed by atoms with van der Waals surface area (Å²) < 4.78 is 0. The van der Waals surface area contributed by atoms with Crippen molar-refractivity contribution in [1.82, 2.24) is 0 Å². The molecular formula is C18H36. The van der Waals surface area contributed by atoms with Gasteiger partial charge in [-0.3, -0.25) is 0 Å². The fourth-order valence-electron chi connectivity index (χ4n) is 3.57. The summed E-state index contributed by atoms with van der Waals surface area (Å²) in [5.74, 6) is 2.81. The first-order valence-corrected chi connectivity index (χ1v) is 8.52. The number of unbranched alkanes of at least 4 members (excludes halogenated alkanes) is 6. The van der Waals surface area contributed by atoms with E-state index in [9.17, 15) is 0 Å². The molecule has 0 heteroatoms. The zero-order chi connectivity index (χ0) is 13.6. The molecule has 3 unspecified atom stereocenters. The van der Waals surface area contributed by atoms with Crippen LogP contribution in [-0.4, -0.2) is 0 Å². The van der Waals surface area contributed by atoms with Gasteiger partial charge in [-0.15, -0.1) is 0 Å². The highest BCUT2D eigenvalue weighted by molar-refractivity contribution is 5.02. The van der Waals surface area contributed by atoms with Gasteiger partial charge >= 0.3 is 0 Å². The molecule has 3 atom stereocenters. The van der Waals surface area contributed by atoms with Crippen molar-refractivity contribution in [2.45, 2.75) is 92.4 Å². The Kier molecular flexibility index (Phi) is 6.74. The fraction of sp³-hybridized carbons (Fsp3) is 1.00. The minimum atomic E-state index is 0.691. The first-order valence-electron chi connectivity index (χ1n) is 8.52. The Hall–Kier alpha value is 0. The van der Waals surface area contributed by atoms with Crippen LogP contribution in [0.1, 0.15) is 92.4 Å². The zero-order valence-corrected chi connectivity index (χ0v) is 13.6. The van der Waals surface area contributed by atoms with Gasteiger partial charge in [-0.2, -0.15) is 0 Å². The summed E-state index contributed by atoms with van der Waals surface area (Å²) in [5.41, 5.74) is 0.691. The van der Waals surface area contributed by atoms with E-state index in [0.717, 1.165) is 17.8 Å². The molecule has 0 aromatic rings. The Balaban J connectivity index is 2.02. The lowest BCUT2D eigenvalue weighted by Crippen LogP contribution is -2.17. The van der Waals surface area contributed by atoms with Crippen molar-refractivity contribution in [3.63, 3.8) is 0 Å². The first-order chi connectivity index (χ1) is 8.52. The maximum Gasteiger partial charge on any atom is -0.0266 e.